The first kappa shape index (κ1) is 21.5. The van der Waals surface area contributed by atoms with Crippen LogP contribution in [0, 0.1) is 0 Å². The second kappa shape index (κ2) is 8.80. The lowest BCUT2D eigenvalue weighted by molar-refractivity contribution is -0.0497. The molecule has 1 aliphatic rings. The van der Waals surface area contributed by atoms with Gasteiger partial charge in [0.2, 0.25) is 0 Å². The highest BCUT2D eigenvalue weighted by Gasteiger charge is 2.26. The van der Waals surface area contributed by atoms with Crippen LogP contribution in [-0.2, 0) is 0 Å². The molecule has 31 heavy (non-hydrogen) atoms. The number of hydrogen-bond acceptors (Lipinski definition) is 5. The van der Waals surface area contributed by atoms with Gasteiger partial charge in [0.1, 0.15) is 10.6 Å². The van der Waals surface area contributed by atoms with Crippen LogP contribution in [0.5, 0.6) is 5.75 Å². The molecule has 0 radical (unpaired) electrons. The molecule has 4 rings (SSSR count). The normalized spacial score (nSPS) is 14.4. The van der Waals surface area contributed by atoms with Crippen LogP contribution in [0.25, 0.3) is 10.1 Å². The molecule has 0 unspecified atom stereocenters. The number of hydrogen-bond donors (Lipinski definition) is 0. The fourth-order valence-corrected chi connectivity index (χ4v) is 5.09. The monoisotopic (exact) mass is 464 g/mol. The number of amides is 1. The summed E-state index contributed by atoms with van der Waals surface area (Å²) in [7, 11) is 0. The smallest absolute Gasteiger partial charge is 0.387 e. The number of halogens is 3. The van der Waals surface area contributed by atoms with Crippen molar-refractivity contribution in [2.45, 2.75) is 13.5 Å². The lowest BCUT2D eigenvalue weighted by Crippen LogP contribution is -2.48. The van der Waals surface area contributed by atoms with Crippen molar-refractivity contribution in [3.8, 4) is 5.75 Å². The van der Waals surface area contributed by atoms with Crippen molar-refractivity contribution in [2.75, 3.05) is 31.1 Å². The molecule has 3 aromatic rings. The van der Waals surface area contributed by atoms with Gasteiger partial charge in [0.15, 0.2) is 5.78 Å². The number of rotatable bonds is 5. The number of nitrogens with zero attached hydrogens (tertiary/aromatic N) is 2. The number of Topliss-reactive ketones (excluding diaryl/α,β-unsaturated/α-hetero) is 1. The van der Waals surface area contributed by atoms with Crippen LogP contribution < -0.4 is 9.64 Å². The number of ketones is 1. The lowest BCUT2D eigenvalue weighted by Gasteiger charge is -2.36. The molecule has 1 aromatic heterocycles. The van der Waals surface area contributed by atoms with Gasteiger partial charge >= 0.3 is 6.61 Å². The number of carbonyl (C=O) groups is 2. The summed E-state index contributed by atoms with van der Waals surface area (Å²) in [5.41, 5.74) is 1.67. The standard InChI is InChI=1S/C22H19ClF2N2O3S/c1-13(28)14-2-4-15(5-3-14)26-8-10-27(11-9-26)21(29)20-19(23)17-7-6-16(30-22(24)25)12-18(17)31-20/h2-7,12,22H,8-11H2,1H3. The van der Waals surface area contributed by atoms with E-state index in [1.54, 1.807) is 23.1 Å². The Morgan fingerprint density at radius 3 is 2.35 bits per heavy atom. The molecule has 1 saturated heterocycles. The van der Waals surface area contributed by atoms with Crippen LogP contribution in [-0.4, -0.2) is 49.4 Å². The summed E-state index contributed by atoms with van der Waals surface area (Å²) in [5.74, 6) is -0.118. The van der Waals surface area contributed by atoms with E-state index >= 15 is 0 Å². The average molecular weight is 465 g/mol. The molecule has 2 heterocycles. The second-order valence-corrected chi connectivity index (χ2v) is 8.59. The molecule has 1 aliphatic heterocycles. The van der Waals surface area contributed by atoms with Gasteiger partial charge in [-0.25, -0.2) is 0 Å². The third-order valence-corrected chi connectivity index (χ3v) is 6.87. The third kappa shape index (κ3) is 4.50. The van der Waals surface area contributed by atoms with E-state index in [1.807, 2.05) is 12.1 Å². The van der Waals surface area contributed by atoms with E-state index in [9.17, 15) is 18.4 Å². The number of piperazine rings is 1. The number of carbonyl (C=O) groups excluding carboxylic acids is 2. The maximum Gasteiger partial charge on any atom is 0.387 e. The van der Waals surface area contributed by atoms with Gasteiger partial charge in [-0.3, -0.25) is 9.59 Å². The van der Waals surface area contributed by atoms with E-state index in [-0.39, 0.29) is 17.4 Å². The van der Waals surface area contributed by atoms with E-state index in [0.29, 0.717) is 51.7 Å². The fraction of sp³-hybridized carbons (Fsp3) is 0.273. The molecule has 0 N–H and O–H groups in total. The molecule has 2 aromatic carbocycles. The Morgan fingerprint density at radius 2 is 1.74 bits per heavy atom. The highest BCUT2D eigenvalue weighted by molar-refractivity contribution is 7.21. The highest BCUT2D eigenvalue weighted by atomic mass is 35.5. The third-order valence-electron chi connectivity index (χ3n) is 5.23. The Balaban J connectivity index is 1.46. The van der Waals surface area contributed by atoms with Crippen molar-refractivity contribution >= 4 is 50.4 Å². The van der Waals surface area contributed by atoms with Gasteiger partial charge in [-0.05, 0) is 49.4 Å². The summed E-state index contributed by atoms with van der Waals surface area (Å²) in [6.07, 6.45) is 0. The van der Waals surface area contributed by atoms with Crippen molar-refractivity contribution < 1.29 is 23.1 Å². The largest absolute Gasteiger partial charge is 0.435 e. The van der Waals surface area contributed by atoms with Gasteiger partial charge in [-0.2, -0.15) is 8.78 Å². The molecule has 1 amide bonds. The molecular formula is C22H19ClF2N2O3S. The van der Waals surface area contributed by atoms with E-state index in [1.165, 1.54) is 30.4 Å². The maximum atomic E-state index is 13.1. The van der Waals surface area contributed by atoms with Crippen LogP contribution >= 0.6 is 22.9 Å². The van der Waals surface area contributed by atoms with Crippen molar-refractivity contribution in [2.24, 2.45) is 0 Å². The molecule has 0 aliphatic carbocycles. The number of anilines is 1. The van der Waals surface area contributed by atoms with E-state index in [2.05, 4.69) is 9.64 Å². The van der Waals surface area contributed by atoms with Crippen LogP contribution in [0.15, 0.2) is 42.5 Å². The number of benzene rings is 2. The number of thiophene rings is 1. The zero-order valence-corrected chi connectivity index (χ0v) is 18.2. The van der Waals surface area contributed by atoms with Crippen LogP contribution in [0.4, 0.5) is 14.5 Å². The number of alkyl halides is 2. The number of ether oxygens (including phenoxy) is 1. The molecule has 0 spiro atoms. The summed E-state index contributed by atoms with van der Waals surface area (Å²) >= 11 is 7.60. The summed E-state index contributed by atoms with van der Waals surface area (Å²) in [4.78, 5) is 28.8. The molecule has 5 nitrogen and oxygen atoms in total. The summed E-state index contributed by atoms with van der Waals surface area (Å²) in [6.45, 7) is 0.976. The first-order valence-corrected chi connectivity index (χ1v) is 10.8. The topological polar surface area (TPSA) is 49.9 Å². The predicted octanol–water partition coefficient (Wildman–Crippen LogP) is 5.32. The zero-order valence-electron chi connectivity index (χ0n) is 16.6. The molecule has 0 saturated carbocycles. The molecule has 162 valence electrons. The average Bonchev–Trinajstić information content (AvgIpc) is 3.08. The fourth-order valence-electron chi connectivity index (χ4n) is 3.58. The van der Waals surface area contributed by atoms with Crippen LogP contribution in [0.1, 0.15) is 27.0 Å². The van der Waals surface area contributed by atoms with Gasteiger partial charge in [-0.15, -0.1) is 11.3 Å². The quantitative estimate of drug-likeness (QED) is 0.479. The summed E-state index contributed by atoms with van der Waals surface area (Å²) in [5, 5.41) is 0.969. The Labute approximate surface area is 186 Å². The van der Waals surface area contributed by atoms with Gasteiger partial charge in [0.05, 0.1) is 5.02 Å². The summed E-state index contributed by atoms with van der Waals surface area (Å²) in [6, 6.07) is 11.9. The highest BCUT2D eigenvalue weighted by Crippen LogP contribution is 2.38. The van der Waals surface area contributed by atoms with Crippen LogP contribution in [0.2, 0.25) is 5.02 Å². The van der Waals surface area contributed by atoms with Gasteiger partial charge < -0.3 is 14.5 Å². The minimum atomic E-state index is -2.91. The maximum absolute atomic E-state index is 13.1. The minimum Gasteiger partial charge on any atom is -0.435 e. The van der Waals surface area contributed by atoms with Gasteiger partial charge in [-0.1, -0.05) is 11.6 Å². The van der Waals surface area contributed by atoms with E-state index < -0.39 is 6.61 Å². The Kier molecular flexibility index (Phi) is 6.11. The predicted molar refractivity (Wildman–Crippen MR) is 118 cm³/mol. The van der Waals surface area contributed by atoms with Crippen molar-refractivity contribution in [1.29, 1.82) is 0 Å². The second-order valence-electron chi connectivity index (χ2n) is 7.16. The van der Waals surface area contributed by atoms with Crippen LogP contribution in [0.3, 0.4) is 0 Å². The molecular weight excluding hydrogens is 446 g/mol. The number of fused-ring (bicyclic) bond motifs is 1. The van der Waals surface area contributed by atoms with Gasteiger partial charge in [0, 0.05) is 47.5 Å². The summed E-state index contributed by atoms with van der Waals surface area (Å²) < 4.78 is 30.0. The molecule has 1 fully saturated rings. The first-order valence-electron chi connectivity index (χ1n) is 9.65. The van der Waals surface area contributed by atoms with Gasteiger partial charge in [0.25, 0.3) is 5.91 Å². The SMILES string of the molecule is CC(=O)c1ccc(N2CCN(C(=O)c3sc4cc(OC(F)F)ccc4c3Cl)CC2)cc1. The molecule has 0 atom stereocenters. The first-order chi connectivity index (χ1) is 14.8. The Hall–Kier alpha value is -2.71. The Bertz CT molecular complexity index is 1130. The Morgan fingerprint density at radius 1 is 1.06 bits per heavy atom. The lowest BCUT2D eigenvalue weighted by atomic mass is 10.1. The minimum absolute atomic E-state index is 0.0232. The van der Waals surface area contributed by atoms with E-state index in [0.717, 1.165) is 5.69 Å². The van der Waals surface area contributed by atoms with Crippen molar-refractivity contribution in [3.05, 3.63) is 57.9 Å². The molecule has 9 heteroatoms. The van der Waals surface area contributed by atoms with Crippen molar-refractivity contribution in [1.82, 2.24) is 4.90 Å². The zero-order chi connectivity index (χ0) is 22.1. The van der Waals surface area contributed by atoms with E-state index in [4.69, 9.17) is 11.6 Å². The van der Waals surface area contributed by atoms with Crippen molar-refractivity contribution in [3.63, 3.8) is 0 Å². The molecule has 0 bridgehead atoms.